The third-order valence-electron chi connectivity index (χ3n) is 3.79. The summed E-state index contributed by atoms with van der Waals surface area (Å²) in [6.45, 7) is 4.77. The second-order valence-electron chi connectivity index (χ2n) is 5.19. The van der Waals surface area contributed by atoms with Gasteiger partial charge in [-0.3, -0.25) is 4.68 Å². The van der Waals surface area contributed by atoms with Crippen molar-refractivity contribution in [3.63, 3.8) is 0 Å². The summed E-state index contributed by atoms with van der Waals surface area (Å²) in [6, 6.07) is 0.707. The number of nitrogens with zero attached hydrogens (tertiary/aromatic N) is 5. The number of likely N-dealkylation sites (tertiary alicyclic amines) is 1. The molecule has 1 fully saturated rings. The Bertz CT molecular complexity index is 355. The monoisotopic (exact) mass is 252 g/mol. The molecule has 0 saturated carbocycles. The molecule has 0 unspecified atom stereocenters. The standard InChI is InChI=1S/C12H24N6/c1-16-5-3-12(4-6-16)17(2)7-8-18-10-11(9-13)14-15-18/h10,12H,3-9,13H2,1-2H3. The minimum atomic E-state index is 0.463. The molecular formula is C12H24N6. The van der Waals surface area contributed by atoms with Crippen LogP contribution < -0.4 is 5.73 Å². The van der Waals surface area contributed by atoms with Crippen molar-refractivity contribution in [1.29, 1.82) is 0 Å². The van der Waals surface area contributed by atoms with Crippen molar-refractivity contribution in [1.82, 2.24) is 24.8 Å². The van der Waals surface area contributed by atoms with E-state index in [2.05, 4.69) is 34.2 Å². The van der Waals surface area contributed by atoms with Crippen molar-refractivity contribution < 1.29 is 0 Å². The maximum absolute atomic E-state index is 5.52. The third kappa shape index (κ3) is 3.51. The van der Waals surface area contributed by atoms with E-state index in [1.165, 1.54) is 25.9 Å². The Balaban J connectivity index is 1.75. The van der Waals surface area contributed by atoms with E-state index in [0.29, 0.717) is 12.6 Å². The molecule has 6 heteroatoms. The van der Waals surface area contributed by atoms with Crippen molar-refractivity contribution in [2.24, 2.45) is 5.73 Å². The number of rotatable bonds is 5. The van der Waals surface area contributed by atoms with Gasteiger partial charge in [0.25, 0.3) is 0 Å². The van der Waals surface area contributed by atoms with E-state index in [4.69, 9.17) is 5.73 Å². The normalized spacial score (nSPS) is 18.7. The van der Waals surface area contributed by atoms with Gasteiger partial charge in [0.1, 0.15) is 0 Å². The summed E-state index contributed by atoms with van der Waals surface area (Å²) in [5.41, 5.74) is 6.38. The van der Waals surface area contributed by atoms with E-state index in [1.807, 2.05) is 10.9 Å². The molecule has 102 valence electrons. The van der Waals surface area contributed by atoms with Gasteiger partial charge in [-0.15, -0.1) is 5.10 Å². The van der Waals surface area contributed by atoms with Crippen molar-refractivity contribution >= 4 is 0 Å². The van der Waals surface area contributed by atoms with Crippen LogP contribution in [0.4, 0.5) is 0 Å². The second-order valence-corrected chi connectivity index (χ2v) is 5.19. The van der Waals surface area contributed by atoms with E-state index in [9.17, 15) is 0 Å². The maximum Gasteiger partial charge on any atom is 0.0962 e. The highest BCUT2D eigenvalue weighted by molar-refractivity contribution is 4.90. The number of piperidine rings is 1. The number of likely N-dealkylation sites (N-methyl/N-ethyl adjacent to an activating group) is 1. The lowest BCUT2D eigenvalue weighted by Crippen LogP contribution is -2.42. The van der Waals surface area contributed by atoms with E-state index >= 15 is 0 Å². The molecule has 1 aromatic heterocycles. The van der Waals surface area contributed by atoms with Gasteiger partial charge < -0.3 is 15.5 Å². The Hall–Kier alpha value is -0.980. The van der Waals surface area contributed by atoms with Crippen molar-refractivity contribution in [3.05, 3.63) is 11.9 Å². The lowest BCUT2D eigenvalue weighted by molar-refractivity contribution is 0.140. The maximum atomic E-state index is 5.52. The Kier molecular flexibility index (Phi) is 4.68. The molecule has 1 aliphatic heterocycles. The quantitative estimate of drug-likeness (QED) is 0.784. The molecule has 2 rings (SSSR count). The zero-order valence-corrected chi connectivity index (χ0v) is 11.4. The van der Waals surface area contributed by atoms with Gasteiger partial charge in [0.15, 0.2) is 0 Å². The fraction of sp³-hybridized carbons (Fsp3) is 0.833. The summed E-state index contributed by atoms with van der Waals surface area (Å²) in [7, 11) is 4.40. The zero-order valence-electron chi connectivity index (χ0n) is 11.4. The summed E-state index contributed by atoms with van der Waals surface area (Å²) in [5.74, 6) is 0. The summed E-state index contributed by atoms with van der Waals surface area (Å²) in [5, 5.41) is 8.07. The van der Waals surface area contributed by atoms with Crippen LogP contribution in [0.5, 0.6) is 0 Å². The van der Waals surface area contributed by atoms with Crippen LogP contribution in [0, 0.1) is 0 Å². The highest BCUT2D eigenvalue weighted by atomic mass is 15.4. The predicted molar refractivity (Wildman–Crippen MR) is 71.1 cm³/mol. The molecule has 0 aliphatic carbocycles. The van der Waals surface area contributed by atoms with Crippen LogP contribution >= 0.6 is 0 Å². The first-order chi connectivity index (χ1) is 8.69. The average molecular weight is 252 g/mol. The molecule has 0 aromatic carbocycles. The van der Waals surface area contributed by atoms with E-state index < -0.39 is 0 Å². The molecule has 0 atom stereocenters. The molecule has 1 aliphatic rings. The number of hydrogen-bond donors (Lipinski definition) is 1. The van der Waals surface area contributed by atoms with Crippen molar-refractivity contribution in [2.45, 2.75) is 32.0 Å². The molecule has 2 N–H and O–H groups in total. The third-order valence-corrected chi connectivity index (χ3v) is 3.79. The molecule has 1 aromatic rings. The lowest BCUT2D eigenvalue weighted by atomic mass is 10.0. The van der Waals surface area contributed by atoms with Crippen LogP contribution in [0.25, 0.3) is 0 Å². The first kappa shape index (κ1) is 13.5. The summed E-state index contributed by atoms with van der Waals surface area (Å²) < 4.78 is 1.88. The van der Waals surface area contributed by atoms with Crippen LogP contribution in [0.3, 0.4) is 0 Å². The molecule has 0 radical (unpaired) electrons. The van der Waals surface area contributed by atoms with Crippen molar-refractivity contribution in [3.8, 4) is 0 Å². The SMILES string of the molecule is CN1CCC(N(C)CCn2cc(CN)nn2)CC1. The largest absolute Gasteiger partial charge is 0.325 e. The predicted octanol–water partition coefficient (Wildman–Crippen LogP) is -0.237. The van der Waals surface area contributed by atoms with Gasteiger partial charge in [0.05, 0.1) is 12.2 Å². The second kappa shape index (κ2) is 6.26. The highest BCUT2D eigenvalue weighted by Gasteiger charge is 2.20. The summed E-state index contributed by atoms with van der Waals surface area (Å²) in [4.78, 5) is 4.84. The van der Waals surface area contributed by atoms with Gasteiger partial charge in [-0.05, 0) is 40.0 Å². The average Bonchev–Trinajstić information content (AvgIpc) is 2.85. The Labute approximate surface area is 109 Å². The summed E-state index contributed by atoms with van der Waals surface area (Å²) >= 11 is 0. The molecule has 18 heavy (non-hydrogen) atoms. The lowest BCUT2D eigenvalue weighted by Gasteiger charge is -2.35. The molecule has 2 heterocycles. The van der Waals surface area contributed by atoms with Crippen LogP contribution in [0.15, 0.2) is 6.20 Å². The van der Waals surface area contributed by atoms with Crippen molar-refractivity contribution in [2.75, 3.05) is 33.7 Å². The minimum absolute atomic E-state index is 0.463. The van der Waals surface area contributed by atoms with Crippen LogP contribution in [-0.4, -0.2) is 64.6 Å². The van der Waals surface area contributed by atoms with E-state index in [1.54, 1.807) is 0 Å². The fourth-order valence-electron chi connectivity index (χ4n) is 2.42. The Morgan fingerprint density at radius 1 is 1.44 bits per heavy atom. The molecular weight excluding hydrogens is 228 g/mol. The highest BCUT2D eigenvalue weighted by Crippen LogP contribution is 2.13. The Morgan fingerprint density at radius 2 is 2.17 bits per heavy atom. The molecule has 1 saturated heterocycles. The van der Waals surface area contributed by atoms with Crippen LogP contribution in [0.2, 0.25) is 0 Å². The minimum Gasteiger partial charge on any atom is -0.325 e. The van der Waals surface area contributed by atoms with Gasteiger partial charge in [0.2, 0.25) is 0 Å². The van der Waals surface area contributed by atoms with E-state index in [-0.39, 0.29) is 0 Å². The zero-order chi connectivity index (χ0) is 13.0. The Morgan fingerprint density at radius 3 is 2.78 bits per heavy atom. The van der Waals surface area contributed by atoms with E-state index in [0.717, 1.165) is 18.8 Å². The molecule has 6 nitrogen and oxygen atoms in total. The first-order valence-corrected chi connectivity index (χ1v) is 6.67. The van der Waals surface area contributed by atoms with Crippen LogP contribution in [0.1, 0.15) is 18.5 Å². The number of hydrogen-bond acceptors (Lipinski definition) is 5. The number of nitrogens with two attached hydrogens (primary N) is 1. The van der Waals surface area contributed by atoms with Crippen LogP contribution in [-0.2, 0) is 13.1 Å². The van der Waals surface area contributed by atoms with Gasteiger partial charge in [-0.1, -0.05) is 5.21 Å². The van der Waals surface area contributed by atoms with Gasteiger partial charge in [-0.2, -0.15) is 0 Å². The number of aromatic nitrogens is 3. The molecule has 0 spiro atoms. The molecule has 0 bridgehead atoms. The fourth-order valence-corrected chi connectivity index (χ4v) is 2.42. The summed E-state index contributed by atoms with van der Waals surface area (Å²) in [6.07, 6.45) is 4.46. The van der Waals surface area contributed by atoms with Gasteiger partial charge >= 0.3 is 0 Å². The molecule has 0 amide bonds. The topological polar surface area (TPSA) is 63.2 Å². The van der Waals surface area contributed by atoms with Gasteiger partial charge in [0, 0.05) is 25.3 Å². The van der Waals surface area contributed by atoms with Gasteiger partial charge in [-0.25, -0.2) is 0 Å². The smallest absolute Gasteiger partial charge is 0.0962 e. The first-order valence-electron chi connectivity index (χ1n) is 6.67.